The van der Waals surface area contributed by atoms with E-state index < -0.39 is 8.07 Å². The Morgan fingerprint density at radius 3 is 1.65 bits per heavy atom. The fourth-order valence-electron chi connectivity index (χ4n) is 2.57. The van der Waals surface area contributed by atoms with E-state index in [9.17, 15) is 5.11 Å². The van der Waals surface area contributed by atoms with Crippen molar-refractivity contribution >= 4 is 8.07 Å². The molecule has 0 amide bonds. The van der Waals surface area contributed by atoms with Crippen molar-refractivity contribution in [3.05, 3.63) is 62.3 Å². The third-order valence-corrected chi connectivity index (χ3v) is 6.09. The molecule has 1 N–H and O–H groups in total. The van der Waals surface area contributed by atoms with Crippen molar-refractivity contribution in [3.63, 3.8) is 0 Å². The zero-order chi connectivity index (χ0) is 16.9. The molecule has 2 rings (SSSR count). The van der Waals surface area contributed by atoms with Crippen LogP contribution in [0.25, 0.3) is 0 Å². The van der Waals surface area contributed by atoms with E-state index in [1.165, 1.54) is 11.5 Å². The molecule has 0 aromatic carbocycles. The third kappa shape index (κ3) is 7.19. The molecule has 0 bridgehead atoms. The zero-order valence-electron chi connectivity index (χ0n) is 15.4. The van der Waals surface area contributed by atoms with Gasteiger partial charge in [-0.1, -0.05) is 19.6 Å². The van der Waals surface area contributed by atoms with Crippen molar-refractivity contribution in [3.8, 4) is 0 Å². The summed E-state index contributed by atoms with van der Waals surface area (Å²) >= 11 is 0. The van der Waals surface area contributed by atoms with Crippen molar-refractivity contribution in [2.24, 2.45) is 0 Å². The first-order valence-corrected chi connectivity index (χ1v) is 11.5. The molecule has 0 heterocycles. The Balaban J connectivity index is 0.000000684. The van der Waals surface area contributed by atoms with Gasteiger partial charge in [-0.15, -0.1) is 0 Å². The molecular formula is C19H31FeNOSi+2. The van der Waals surface area contributed by atoms with Gasteiger partial charge < -0.3 is 10.0 Å². The number of nitrogens with zero attached hydrogens (tertiary/aromatic N) is 1. The van der Waals surface area contributed by atoms with Gasteiger partial charge in [-0.2, -0.15) is 0 Å². The van der Waals surface area contributed by atoms with E-state index in [0.717, 1.165) is 5.92 Å². The molecule has 0 saturated heterocycles. The second-order valence-corrected chi connectivity index (χ2v) is 12.2. The molecule has 0 spiro atoms. The smallest absolute Gasteiger partial charge is 0.393 e. The Labute approximate surface area is 157 Å². The summed E-state index contributed by atoms with van der Waals surface area (Å²) in [5.41, 5.74) is 1.48. The van der Waals surface area contributed by atoms with Crippen molar-refractivity contribution in [1.29, 1.82) is 0 Å². The van der Waals surface area contributed by atoms with Gasteiger partial charge in [-0.05, 0) is 78.4 Å². The molecule has 0 unspecified atom stereocenters. The SMILES string of the molecule is C[C@H](O)[C]1[CH][CH][C]([Si](C)(C)C)[C]1[C@H](C)N(C)C.[CH]1[CH][CH][CH][CH]1.[Fe+2]. The molecule has 23 heavy (non-hydrogen) atoms. The summed E-state index contributed by atoms with van der Waals surface area (Å²) in [7, 11) is 2.84. The third-order valence-electron chi connectivity index (χ3n) is 4.04. The molecule has 0 aromatic rings. The number of aliphatic hydroxyl groups is 1. The van der Waals surface area contributed by atoms with Crippen LogP contribution in [-0.2, 0) is 17.1 Å². The molecule has 10 radical (unpaired) electrons. The topological polar surface area (TPSA) is 23.5 Å². The molecule has 0 aromatic heterocycles. The van der Waals surface area contributed by atoms with Gasteiger partial charge in [0.1, 0.15) is 0 Å². The molecule has 0 aliphatic heterocycles. The van der Waals surface area contributed by atoms with Crippen LogP contribution in [0.5, 0.6) is 0 Å². The maximum atomic E-state index is 9.91. The molecule has 2 atom stereocenters. The average molecular weight is 373 g/mol. The Morgan fingerprint density at radius 1 is 0.913 bits per heavy atom. The van der Waals surface area contributed by atoms with Crippen LogP contribution in [0.4, 0.5) is 0 Å². The largest absolute Gasteiger partial charge is 2.00 e. The van der Waals surface area contributed by atoms with Crippen LogP contribution in [0.2, 0.25) is 19.6 Å². The van der Waals surface area contributed by atoms with Gasteiger partial charge in [-0.3, -0.25) is 0 Å². The molecular weight excluding hydrogens is 342 g/mol. The van der Waals surface area contributed by atoms with Crippen molar-refractivity contribution in [2.45, 2.75) is 45.6 Å². The standard InChI is InChI=1S/C14H26NOSi.C5H5.Fe/c1-10(15(3)4)14-12(11(2)16)8-9-13(14)17(5,6)7;1-2-4-5-3-1;/h8-11,16H,1-7H3;1-5H;/q;;+2/t10-,11-;;/m0../s1. The van der Waals surface area contributed by atoms with Crippen molar-refractivity contribution < 1.29 is 22.2 Å². The minimum absolute atomic E-state index is 0. The van der Waals surface area contributed by atoms with E-state index in [2.05, 4.69) is 58.4 Å². The van der Waals surface area contributed by atoms with Crippen LogP contribution >= 0.6 is 0 Å². The predicted octanol–water partition coefficient (Wildman–Crippen LogP) is 3.36. The molecule has 2 saturated carbocycles. The van der Waals surface area contributed by atoms with Gasteiger partial charge in [-0.25, -0.2) is 0 Å². The van der Waals surface area contributed by atoms with E-state index in [1.54, 1.807) is 0 Å². The normalized spacial score (nSPS) is 23.3. The molecule has 2 nitrogen and oxygen atoms in total. The molecule has 128 valence electrons. The van der Waals surface area contributed by atoms with Crippen LogP contribution in [0.3, 0.4) is 0 Å². The van der Waals surface area contributed by atoms with E-state index in [1.807, 2.05) is 39.0 Å². The van der Waals surface area contributed by atoms with E-state index in [-0.39, 0.29) is 23.2 Å². The monoisotopic (exact) mass is 373 g/mol. The molecule has 4 heteroatoms. The minimum atomic E-state index is -1.35. The quantitative estimate of drug-likeness (QED) is 0.764. The summed E-state index contributed by atoms with van der Waals surface area (Å²) in [4.78, 5) is 2.21. The Bertz CT molecular complexity index is 305. The summed E-state index contributed by atoms with van der Waals surface area (Å²) in [6.45, 7) is 11.2. The number of rotatable bonds is 4. The van der Waals surface area contributed by atoms with Crippen LogP contribution in [0.1, 0.15) is 13.8 Å². The second-order valence-electron chi connectivity index (χ2n) is 7.14. The number of aliphatic hydroxyl groups excluding tert-OH is 1. The van der Waals surface area contributed by atoms with Crippen molar-refractivity contribution in [2.75, 3.05) is 14.1 Å². The predicted molar refractivity (Wildman–Crippen MR) is 98.0 cm³/mol. The first-order valence-electron chi connectivity index (χ1n) is 7.97. The number of hydrogen-bond acceptors (Lipinski definition) is 2. The van der Waals surface area contributed by atoms with Crippen LogP contribution in [0, 0.1) is 62.3 Å². The zero-order valence-corrected chi connectivity index (χ0v) is 17.5. The fourth-order valence-corrected chi connectivity index (χ4v) is 4.32. The summed E-state index contributed by atoms with van der Waals surface area (Å²) in [5, 5.41) is 9.91. The Hall–Kier alpha value is 0.656. The Morgan fingerprint density at radius 2 is 1.35 bits per heavy atom. The first kappa shape index (κ1) is 23.7. The van der Waals surface area contributed by atoms with E-state index >= 15 is 0 Å². The number of hydrogen-bond donors (Lipinski definition) is 1. The van der Waals surface area contributed by atoms with Crippen molar-refractivity contribution in [1.82, 2.24) is 4.90 Å². The average Bonchev–Trinajstić information content (AvgIpc) is 3.08. The maximum Gasteiger partial charge on any atom is 2.00 e. The van der Waals surface area contributed by atoms with Gasteiger partial charge in [0.2, 0.25) is 0 Å². The van der Waals surface area contributed by atoms with E-state index in [0.29, 0.717) is 6.04 Å². The van der Waals surface area contributed by atoms with Gasteiger partial charge >= 0.3 is 17.1 Å². The summed E-state index contributed by atoms with van der Waals surface area (Å²) < 4.78 is 0. The maximum absolute atomic E-state index is 9.91. The van der Waals surface area contributed by atoms with Gasteiger partial charge in [0.15, 0.2) is 0 Å². The van der Waals surface area contributed by atoms with Gasteiger partial charge in [0, 0.05) is 17.9 Å². The fraction of sp³-hybridized carbons (Fsp3) is 0.474. The van der Waals surface area contributed by atoms with Gasteiger partial charge in [0.25, 0.3) is 0 Å². The second kappa shape index (κ2) is 10.6. The molecule has 2 fully saturated rings. The molecule has 2 aliphatic carbocycles. The summed E-state index contributed by atoms with van der Waals surface area (Å²) in [5.74, 6) is 2.45. The van der Waals surface area contributed by atoms with Gasteiger partial charge in [0.05, 0.1) is 14.2 Å². The van der Waals surface area contributed by atoms with Crippen LogP contribution in [-0.4, -0.2) is 44.3 Å². The first-order chi connectivity index (χ1) is 10.2. The summed E-state index contributed by atoms with van der Waals surface area (Å²) in [6, 6.07) is 0.358. The van der Waals surface area contributed by atoms with E-state index in [4.69, 9.17) is 0 Å². The minimum Gasteiger partial charge on any atom is -0.393 e. The van der Waals surface area contributed by atoms with Crippen LogP contribution < -0.4 is 0 Å². The molecule has 2 aliphatic rings. The Kier molecular flexibility index (Phi) is 10.9. The van der Waals surface area contributed by atoms with Crippen LogP contribution in [0.15, 0.2) is 0 Å². The summed E-state index contributed by atoms with van der Waals surface area (Å²) in [6.07, 6.45) is 14.0.